The maximum Gasteiger partial charge on any atom is 0.407 e. The zero-order valence-electron chi connectivity index (χ0n) is 25.7. The van der Waals surface area contributed by atoms with Gasteiger partial charge in [-0.3, -0.25) is 4.79 Å². The summed E-state index contributed by atoms with van der Waals surface area (Å²) in [6.07, 6.45) is 3.60. The molecule has 2 amide bonds. The lowest BCUT2D eigenvalue weighted by Crippen LogP contribution is -2.48. The predicted molar refractivity (Wildman–Crippen MR) is 184 cm³/mol. The number of hydrogen-bond acceptors (Lipinski definition) is 7. The summed E-state index contributed by atoms with van der Waals surface area (Å²) in [5.41, 5.74) is 3.50. The van der Waals surface area contributed by atoms with Crippen LogP contribution in [0.2, 0.25) is 5.02 Å². The van der Waals surface area contributed by atoms with Gasteiger partial charge in [0.2, 0.25) is 5.91 Å². The molecule has 0 radical (unpaired) electrons. The van der Waals surface area contributed by atoms with Crippen LogP contribution in [-0.4, -0.2) is 61.2 Å². The van der Waals surface area contributed by atoms with E-state index in [2.05, 4.69) is 20.9 Å². The molecule has 1 fully saturated rings. The lowest BCUT2D eigenvalue weighted by atomic mass is 9.84. The van der Waals surface area contributed by atoms with Gasteiger partial charge in [-0.25, -0.2) is 9.78 Å². The third-order valence-electron chi connectivity index (χ3n) is 7.94. The quantitative estimate of drug-likeness (QED) is 0.137. The number of carbonyl (C=O) groups excluding carboxylic acids is 2. The molecule has 3 atom stereocenters. The van der Waals surface area contributed by atoms with E-state index in [0.717, 1.165) is 53.4 Å². The van der Waals surface area contributed by atoms with Crippen molar-refractivity contribution in [3.8, 4) is 0 Å². The number of anilines is 1. The van der Waals surface area contributed by atoms with Crippen LogP contribution >= 0.6 is 23.4 Å². The second kappa shape index (κ2) is 17.1. The van der Waals surface area contributed by atoms with Gasteiger partial charge >= 0.3 is 6.09 Å². The highest BCUT2D eigenvalue weighted by atomic mass is 35.5. The number of methoxy groups -OCH3 is 1. The van der Waals surface area contributed by atoms with Gasteiger partial charge in [-0.1, -0.05) is 90.5 Å². The number of para-hydroxylation sites is 1. The van der Waals surface area contributed by atoms with Gasteiger partial charge < -0.3 is 25.4 Å². The number of thioether (sulfide) groups is 1. The first kappa shape index (κ1) is 33.5. The number of nitrogens with one attached hydrogen (secondary N) is 3. The number of carbonyl (C=O) groups is 2. The largest absolute Gasteiger partial charge is 0.453 e. The summed E-state index contributed by atoms with van der Waals surface area (Å²) in [4.78, 5) is 30.9. The molecule has 0 aliphatic carbocycles. The van der Waals surface area contributed by atoms with Crippen LogP contribution in [0, 0.1) is 0 Å². The zero-order chi connectivity index (χ0) is 32.1. The molecule has 0 saturated carbocycles. The number of nitrogens with zero attached hydrogens (tertiary/aromatic N) is 1. The number of morpholine rings is 1. The summed E-state index contributed by atoms with van der Waals surface area (Å²) in [6.45, 7) is 1.57. The summed E-state index contributed by atoms with van der Waals surface area (Å²) >= 11 is 7.89. The zero-order valence-corrected chi connectivity index (χ0v) is 27.3. The van der Waals surface area contributed by atoms with E-state index < -0.39 is 18.1 Å². The van der Waals surface area contributed by atoms with Crippen molar-refractivity contribution in [2.24, 2.45) is 0 Å². The van der Waals surface area contributed by atoms with Crippen molar-refractivity contribution in [3.63, 3.8) is 0 Å². The van der Waals surface area contributed by atoms with Crippen molar-refractivity contribution in [1.29, 1.82) is 0 Å². The molecule has 0 spiro atoms. The van der Waals surface area contributed by atoms with Crippen molar-refractivity contribution >= 4 is 41.1 Å². The molecule has 46 heavy (non-hydrogen) atoms. The minimum absolute atomic E-state index is 0.0419. The highest BCUT2D eigenvalue weighted by Crippen LogP contribution is 2.30. The number of pyridine rings is 1. The molecular weight excluding hydrogens is 620 g/mol. The second-order valence-electron chi connectivity index (χ2n) is 11.1. The van der Waals surface area contributed by atoms with Crippen LogP contribution in [0.3, 0.4) is 0 Å². The van der Waals surface area contributed by atoms with Gasteiger partial charge in [0.05, 0.1) is 24.3 Å². The van der Waals surface area contributed by atoms with Gasteiger partial charge in [0.25, 0.3) is 0 Å². The molecule has 3 N–H and O–H groups in total. The minimum Gasteiger partial charge on any atom is -0.453 e. The maximum absolute atomic E-state index is 14.0. The lowest BCUT2D eigenvalue weighted by molar-refractivity contribution is -0.118. The highest BCUT2D eigenvalue weighted by Gasteiger charge is 2.33. The Hall–Kier alpha value is -3.89. The Bertz CT molecular complexity index is 1520. The highest BCUT2D eigenvalue weighted by molar-refractivity contribution is 7.99. The SMILES string of the molecule is COC(=O)N[C@H](C(=O)Nc1ccccc1CC[C@@H]1CNC[C@@H](CCSc2ncccc2Cl)O1)C(c1ccccc1)c1ccccc1. The molecule has 1 saturated heterocycles. The molecule has 5 rings (SSSR count). The van der Waals surface area contributed by atoms with Crippen LogP contribution < -0.4 is 16.0 Å². The van der Waals surface area contributed by atoms with Crippen LogP contribution in [0.1, 0.15) is 35.4 Å². The Morgan fingerprint density at radius 2 is 1.59 bits per heavy atom. The fourth-order valence-corrected chi connectivity index (χ4v) is 6.85. The number of benzene rings is 3. The Morgan fingerprint density at radius 1 is 0.935 bits per heavy atom. The summed E-state index contributed by atoms with van der Waals surface area (Å²) < 4.78 is 11.4. The van der Waals surface area contributed by atoms with Gasteiger partial charge in [0, 0.05) is 36.6 Å². The second-order valence-corrected chi connectivity index (χ2v) is 12.6. The number of halogens is 1. The van der Waals surface area contributed by atoms with Crippen LogP contribution in [0.4, 0.5) is 10.5 Å². The predicted octanol–water partition coefficient (Wildman–Crippen LogP) is 6.70. The molecule has 1 aromatic heterocycles. The van der Waals surface area contributed by atoms with Crippen molar-refractivity contribution in [1.82, 2.24) is 15.6 Å². The third kappa shape index (κ3) is 9.33. The molecule has 4 aromatic rings. The van der Waals surface area contributed by atoms with E-state index in [-0.39, 0.29) is 18.1 Å². The van der Waals surface area contributed by atoms with Crippen LogP contribution in [0.25, 0.3) is 0 Å². The number of hydrogen-bond donors (Lipinski definition) is 3. The molecule has 0 bridgehead atoms. The molecule has 1 aliphatic heterocycles. The Kier molecular flexibility index (Phi) is 12.5. The third-order valence-corrected chi connectivity index (χ3v) is 9.39. The molecule has 8 nitrogen and oxygen atoms in total. The Morgan fingerprint density at radius 3 is 2.26 bits per heavy atom. The van der Waals surface area contributed by atoms with Crippen LogP contribution in [0.15, 0.2) is 108 Å². The average Bonchev–Trinajstić information content (AvgIpc) is 3.09. The smallest absolute Gasteiger partial charge is 0.407 e. The Balaban J connectivity index is 1.25. The molecule has 1 aliphatic rings. The average molecular weight is 659 g/mol. The molecule has 10 heteroatoms. The molecule has 240 valence electrons. The van der Waals surface area contributed by atoms with Gasteiger partial charge in [-0.2, -0.15) is 0 Å². The number of rotatable bonds is 13. The topological polar surface area (TPSA) is 102 Å². The summed E-state index contributed by atoms with van der Waals surface area (Å²) in [7, 11) is 1.29. The summed E-state index contributed by atoms with van der Waals surface area (Å²) in [6, 6.07) is 29.9. The standard InChI is InChI=1S/C36H39ClN4O4S/c1-44-36(43)41-33(32(26-12-4-2-5-13-26)27-14-6-3-7-15-27)34(42)40-31-17-9-8-11-25(31)18-19-28-23-38-24-29(45-28)20-22-46-35-30(37)16-10-21-39-35/h2-17,21,28-29,32-33,38H,18-20,22-24H2,1H3,(H,40,42)(H,41,43)/t28-,29-,33+/m1/s1. The molecule has 3 aromatic carbocycles. The minimum atomic E-state index is -0.934. The normalized spacial score (nSPS) is 16.8. The lowest BCUT2D eigenvalue weighted by Gasteiger charge is -2.31. The fraction of sp³-hybridized carbons (Fsp3) is 0.306. The van der Waals surface area contributed by atoms with E-state index in [9.17, 15) is 9.59 Å². The van der Waals surface area contributed by atoms with E-state index in [0.29, 0.717) is 17.1 Å². The molecule has 2 heterocycles. The number of aromatic nitrogens is 1. The number of amides is 2. The van der Waals surface area contributed by atoms with E-state index in [4.69, 9.17) is 21.1 Å². The van der Waals surface area contributed by atoms with E-state index in [1.165, 1.54) is 7.11 Å². The van der Waals surface area contributed by atoms with Gasteiger partial charge in [-0.15, -0.1) is 11.8 Å². The fourth-order valence-electron chi connectivity index (χ4n) is 5.65. The molecule has 0 unspecified atom stereocenters. The van der Waals surface area contributed by atoms with Crippen LogP contribution in [0.5, 0.6) is 0 Å². The number of alkyl carbamates (subject to hydrolysis) is 1. The first-order chi connectivity index (χ1) is 22.5. The summed E-state index contributed by atoms with van der Waals surface area (Å²) in [5, 5.41) is 10.9. The number of ether oxygens (including phenoxy) is 2. The van der Waals surface area contributed by atoms with E-state index >= 15 is 0 Å². The maximum atomic E-state index is 14.0. The van der Waals surface area contributed by atoms with Crippen molar-refractivity contribution in [3.05, 3.63) is 125 Å². The van der Waals surface area contributed by atoms with Gasteiger partial charge in [0.15, 0.2) is 0 Å². The number of aryl methyl sites for hydroxylation is 1. The van der Waals surface area contributed by atoms with Gasteiger partial charge in [-0.05, 0) is 54.2 Å². The molecular formula is C36H39ClN4O4S. The van der Waals surface area contributed by atoms with Gasteiger partial charge in [0.1, 0.15) is 11.1 Å². The monoisotopic (exact) mass is 658 g/mol. The first-order valence-corrected chi connectivity index (χ1v) is 16.8. The van der Waals surface area contributed by atoms with Crippen molar-refractivity contribution < 1.29 is 19.1 Å². The summed E-state index contributed by atoms with van der Waals surface area (Å²) in [5.74, 6) is 0.0779. The van der Waals surface area contributed by atoms with E-state index in [1.807, 2.05) is 97.1 Å². The van der Waals surface area contributed by atoms with E-state index in [1.54, 1.807) is 18.0 Å². The Labute approximate surface area is 279 Å². The van der Waals surface area contributed by atoms with Crippen LogP contribution in [-0.2, 0) is 20.7 Å². The van der Waals surface area contributed by atoms with Crippen molar-refractivity contribution in [2.75, 3.05) is 31.3 Å². The first-order valence-electron chi connectivity index (χ1n) is 15.4. The van der Waals surface area contributed by atoms with Crippen molar-refractivity contribution in [2.45, 2.75) is 48.5 Å².